The minimum atomic E-state index is 0.727. The van der Waals surface area contributed by atoms with E-state index >= 15 is 0 Å². The molecule has 1 rings (SSSR count). The Kier molecular flexibility index (Phi) is 5.90. The third kappa shape index (κ3) is 4.67. The fourth-order valence-electron chi connectivity index (χ4n) is 2.07. The first kappa shape index (κ1) is 12.3. The summed E-state index contributed by atoms with van der Waals surface area (Å²) < 4.78 is 0. The van der Waals surface area contributed by atoms with Crippen LogP contribution in [0.4, 0.5) is 0 Å². The largest absolute Gasteiger partial charge is 0.313 e. The van der Waals surface area contributed by atoms with Crippen LogP contribution in [0.15, 0.2) is 0 Å². The fourth-order valence-corrected chi connectivity index (χ4v) is 2.57. The normalized spacial score (nSPS) is 28.3. The van der Waals surface area contributed by atoms with E-state index in [0.29, 0.717) is 0 Å². The molecule has 2 unspecified atom stereocenters. The number of rotatable bonds is 5. The molecule has 3 heteroatoms. The van der Waals surface area contributed by atoms with Gasteiger partial charge < -0.3 is 10.2 Å². The van der Waals surface area contributed by atoms with Gasteiger partial charge in [-0.2, -0.15) is 11.8 Å². The summed E-state index contributed by atoms with van der Waals surface area (Å²) in [6.07, 6.45) is 4.88. The number of nitrogens with zero attached hydrogens (tertiary/aromatic N) is 1. The lowest BCUT2D eigenvalue weighted by Crippen LogP contribution is -2.44. The third-order valence-corrected chi connectivity index (χ3v) is 3.56. The van der Waals surface area contributed by atoms with E-state index in [2.05, 4.69) is 30.4 Å². The van der Waals surface area contributed by atoms with Crippen molar-refractivity contribution in [1.82, 2.24) is 10.2 Å². The molecule has 1 heterocycles. The molecule has 84 valence electrons. The molecule has 14 heavy (non-hydrogen) atoms. The van der Waals surface area contributed by atoms with E-state index in [1.807, 2.05) is 11.8 Å². The van der Waals surface area contributed by atoms with Gasteiger partial charge in [-0.3, -0.25) is 0 Å². The van der Waals surface area contributed by atoms with E-state index in [1.165, 1.54) is 38.2 Å². The molecule has 0 aromatic carbocycles. The quantitative estimate of drug-likeness (QED) is 0.752. The monoisotopic (exact) mass is 216 g/mol. The number of piperidine rings is 1. The minimum absolute atomic E-state index is 0.727. The van der Waals surface area contributed by atoms with Crippen LogP contribution in [-0.2, 0) is 0 Å². The number of nitrogens with one attached hydrogen (secondary N) is 1. The summed E-state index contributed by atoms with van der Waals surface area (Å²) in [5, 5.41) is 3.61. The molecule has 0 spiro atoms. The first-order chi connectivity index (χ1) is 6.72. The Morgan fingerprint density at radius 2 is 2.29 bits per heavy atom. The average Bonchev–Trinajstić information content (AvgIpc) is 2.15. The lowest BCUT2D eigenvalue weighted by atomic mass is 9.94. The SMILES string of the molecule is CSCCN(C)CC1CC(C)CCN1. The molecule has 1 aliphatic heterocycles. The van der Waals surface area contributed by atoms with Crippen molar-refractivity contribution in [3.05, 3.63) is 0 Å². The summed E-state index contributed by atoms with van der Waals surface area (Å²) in [6.45, 7) is 6.01. The summed E-state index contributed by atoms with van der Waals surface area (Å²) >= 11 is 1.93. The average molecular weight is 216 g/mol. The van der Waals surface area contributed by atoms with Gasteiger partial charge in [0.15, 0.2) is 0 Å². The van der Waals surface area contributed by atoms with Gasteiger partial charge in [0.2, 0.25) is 0 Å². The second-order valence-corrected chi connectivity index (χ2v) is 5.52. The predicted octanol–water partition coefficient (Wildman–Crippen LogP) is 1.67. The van der Waals surface area contributed by atoms with E-state index in [1.54, 1.807) is 0 Å². The highest BCUT2D eigenvalue weighted by molar-refractivity contribution is 7.98. The zero-order valence-corrected chi connectivity index (χ0v) is 10.6. The zero-order valence-electron chi connectivity index (χ0n) is 9.75. The van der Waals surface area contributed by atoms with Gasteiger partial charge in [0.25, 0.3) is 0 Å². The maximum absolute atomic E-state index is 3.61. The second kappa shape index (κ2) is 6.70. The Bertz CT molecular complexity index is 152. The van der Waals surface area contributed by atoms with Gasteiger partial charge in [-0.05, 0) is 38.6 Å². The van der Waals surface area contributed by atoms with Crippen LogP contribution in [0.5, 0.6) is 0 Å². The highest BCUT2D eigenvalue weighted by Crippen LogP contribution is 2.15. The molecule has 2 atom stereocenters. The van der Waals surface area contributed by atoms with Crippen molar-refractivity contribution in [1.29, 1.82) is 0 Å². The Hall–Kier alpha value is 0.270. The van der Waals surface area contributed by atoms with E-state index in [0.717, 1.165) is 12.0 Å². The Labute approximate surface area is 92.8 Å². The van der Waals surface area contributed by atoms with Crippen molar-refractivity contribution < 1.29 is 0 Å². The predicted molar refractivity (Wildman–Crippen MR) is 66.1 cm³/mol. The van der Waals surface area contributed by atoms with Crippen LogP contribution in [0.3, 0.4) is 0 Å². The molecular weight excluding hydrogens is 192 g/mol. The Morgan fingerprint density at radius 1 is 1.50 bits per heavy atom. The van der Waals surface area contributed by atoms with Crippen LogP contribution in [0.2, 0.25) is 0 Å². The standard InChI is InChI=1S/C11H24N2S/c1-10-4-5-12-11(8-10)9-13(2)6-7-14-3/h10-12H,4-9H2,1-3H3. The highest BCUT2D eigenvalue weighted by Gasteiger charge is 2.18. The smallest absolute Gasteiger partial charge is 0.0197 e. The van der Waals surface area contributed by atoms with Gasteiger partial charge in [-0.25, -0.2) is 0 Å². The molecular formula is C11H24N2S. The van der Waals surface area contributed by atoms with Gasteiger partial charge >= 0.3 is 0 Å². The van der Waals surface area contributed by atoms with E-state index in [-0.39, 0.29) is 0 Å². The van der Waals surface area contributed by atoms with Crippen LogP contribution >= 0.6 is 11.8 Å². The summed E-state index contributed by atoms with van der Waals surface area (Å²) in [5.41, 5.74) is 0. The molecule has 1 saturated heterocycles. The Morgan fingerprint density at radius 3 is 2.93 bits per heavy atom. The number of likely N-dealkylation sites (N-methyl/N-ethyl adjacent to an activating group) is 1. The fraction of sp³-hybridized carbons (Fsp3) is 1.00. The van der Waals surface area contributed by atoms with Gasteiger partial charge in [-0.1, -0.05) is 6.92 Å². The molecule has 1 N–H and O–H groups in total. The summed E-state index contributed by atoms with van der Waals surface area (Å²) in [5.74, 6) is 2.16. The first-order valence-electron chi connectivity index (χ1n) is 5.63. The van der Waals surface area contributed by atoms with Gasteiger partial charge in [0.1, 0.15) is 0 Å². The molecule has 0 aliphatic carbocycles. The molecule has 0 saturated carbocycles. The first-order valence-corrected chi connectivity index (χ1v) is 7.02. The highest BCUT2D eigenvalue weighted by atomic mass is 32.2. The summed E-state index contributed by atoms with van der Waals surface area (Å²) in [4.78, 5) is 2.45. The van der Waals surface area contributed by atoms with Gasteiger partial charge in [-0.15, -0.1) is 0 Å². The zero-order chi connectivity index (χ0) is 10.4. The second-order valence-electron chi connectivity index (χ2n) is 4.54. The van der Waals surface area contributed by atoms with Crippen LogP contribution in [0.1, 0.15) is 19.8 Å². The molecule has 0 aromatic heterocycles. The maximum atomic E-state index is 3.61. The van der Waals surface area contributed by atoms with E-state index in [9.17, 15) is 0 Å². The van der Waals surface area contributed by atoms with Crippen LogP contribution in [0, 0.1) is 5.92 Å². The summed E-state index contributed by atoms with van der Waals surface area (Å²) in [7, 11) is 2.23. The molecule has 0 amide bonds. The van der Waals surface area contributed by atoms with Crippen molar-refractivity contribution in [2.45, 2.75) is 25.8 Å². The molecule has 0 aromatic rings. The summed E-state index contributed by atoms with van der Waals surface area (Å²) in [6, 6.07) is 0.727. The molecule has 0 radical (unpaired) electrons. The molecule has 1 fully saturated rings. The van der Waals surface area contributed by atoms with E-state index in [4.69, 9.17) is 0 Å². The number of hydrogen-bond donors (Lipinski definition) is 1. The maximum Gasteiger partial charge on any atom is 0.0197 e. The molecule has 0 bridgehead atoms. The van der Waals surface area contributed by atoms with Crippen molar-refractivity contribution in [3.8, 4) is 0 Å². The lowest BCUT2D eigenvalue weighted by molar-refractivity contribution is 0.242. The van der Waals surface area contributed by atoms with E-state index < -0.39 is 0 Å². The van der Waals surface area contributed by atoms with Crippen LogP contribution < -0.4 is 5.32 Å². The molecule has 2 nitrogen and oxygen atoms in total. The number of thioether (sulfide) groups is 1. The van der Waals surface area contributed by atoms with Crippen LogP contribution in [0.25, 0.3) is 0 Å². The molecule has 1 aliphatic rings. The Balaban J connectivity index is 2.15. The van der Waals surface area contributed by atoms with Crippen molar-refractivity contribution in [2.24, 2.45) is 5.92 Å². The number of hydrogen-bond acceptors (Lipinski definition) is 3. The van der Waals surface area contributed by atoms with Crippen molar-refractivity contribution in [2.75, 3.05) is 38.7 Å². The van der Waals surface area contributed by atoms with Crippen molar-refractivity contribution in [3.63, 3.8) is 0 Å². The van der Waals surface area contributed by atoms with Gasteiger partial charge in [0.05, 0.1) is 0 Å². The van der Waals surface area contributed by atoms with Crippen LogP contribution in [-0.4, -0.2) is 49.6 Å². The topological polar surface area (TPSA) is 15.3 Å². The third-order valence-electron chi connectivity index (χ3n) is 2.97. The van der Waals surface area contributed by atoms with Crippen molar-refractivity contribution >= 4 is 11.8 Å². The lowest BCUT2D eigenvalue weighted by Gasteiger charge is -2.31. The van der Waals surface area contributed by atoms with Gasteiger partial charge in [0, 0.05) is 24.9 Å². The minimum Gasteiger partial charge on any atom is -0.313 e.